The Morgan fingerprint density at radius 2 is 1.71 bits per heavy atom. The van der Waals surface area contributed by atoms with Gasteiger partial charge in [0.1, 0.15) is 6.54 Å². The van der Waals surface area contributed by atoms with Crippen LogP contribution in [0.5, 0.6) is 11.5 Å². The molecule has 0 radical (unpaired) electrons. The number of rotatable bonds is 5. The standard InChI is InChI=1S/C27H26N2O4S/c1-32-22-14-19-12-13-28(27(18-8-4-3-5-9-18)20(19)15-23(22)33-2)25(30)16-29-21-10-6-7-11-24(21)34-17-26(29)31/h3-11,14-15,27H,12-13,16-17H2,1-2H3. The maximum Gasteiger partial charge on any atom is 0.243 e. The van der Waals surface area contributed by atoms with Gasteiger partial charge in [-0.05, 0) is 47.4 Å². The SMILES string of the molecule is COc1cc2c(cc1OC)C(c1ccccc1)N(C(=O)CN1C(=O)CSc3ccccc31)CC2. The molecule has 2 aliphatic heterocycles. The fourth-order valence-corrected chi connectivity index (χ4v) is 5.70. The number of amides is 2. The summed E-state index contributed by atoms with van der Waals surface area (Å²) < 4.78 is 11.1. The molecule has 34 heavy (non-hydrogen) atoms. The average Bonchev–Trinajstić information content (AvgIpc) is 2.89. The van der Waals surface area contributed by atoms with E-state index in [-0.39, 0.29) is 24.4 Å². The number of hydrogen-bond donors (Lipinski definition) is 0. The van der Waals surface area contributed by atoms with Crippen LogP contribution >= 0.6 is 11.8 Å². The van der Waals surface area contributed by atoms with Crippen LogP contribution < -0.4 is 14.4 Å². The summed E-state index contributed by atoms with van der Waals surface area (Å²) in [6.07, 6.45) is 0.700. The van der Waals surface area contributed by atoms with E-state index in [1.807, 2.05) is 71.6 Å². The maximum absolute atomic E-state index is 13.8. The third kappa shape index (κ3) is 4.01. The molecular formula is C27H26N2O4S. The van der Waals surface area contributed by atoms with E-state index in [0.717, 1.165) is 27.3 Å². The number of methoxy groups -OCH3 is 2. The predicted molar refractivity (Wildman–Crippen MR) is 133 cm³/mol. The summed E-state index contributed by atoms with van der Waals surface area (Å²) in [6.45, 7) is 0.571. The van der Waals surface area contributed by atoms with Crippen LogP contribution in [-0.2, 0) is 16.0 Å². The number of carbonyl (C=O) groups excluding carboxylic acids is 2. The molecule has 0 N–H and O–H groups in total. The van der Waals surface area contributed by atoms with Gasteiger partial charge in [-0.1, -0.05) is 42.5 Å². The first-order valence-electron chi connectivity index (χ1n) is 11.2. The fraction of sp³-hybridized carbons (Fsp3) is 0.259. The van der Waals surface area contributed by atoms with Crippen LogP contribution in [0.15, 0.2) is 71.6 Å². The summed E-state index contributed by atoms with van der Waals surface area (Å²) in [5.41, 5.74) is 3.97. The molecule has 1 unspecified atom stereocenters. The highest BCUT2D eigenvalue weighted by Gasteiger charge is 2.35. The predicted octanol–water partition coefficient (Wildman–Crippen LogP) is 4.32. The number of anilines is 1. The van der Waals surface area contributed by atoms with Crippen molar-refractivity contribution in [3.63, 3.8) is 0 Å². The van der Waals surface area contributed by atoms with E-state index >= 15 is 0 Å². The van der Waals surface area contributed by atoms with Crippen molar-refractivity contribution < 1.29 is 19.1 Å². The van der Waals surface area contributed by atoms with Crippen LogP contribution in [0, 0.1) is 0 Å². The zero-order valence-corrected chi connectivity index (χ0v) is 20.0. The largest absolute Gasteiger partial charge is 0.493 e. The van der Waals surface area contributed by atoms with E-state index in [2.05, 4.69) is 0 Å². The highest BCUT2D eigenvalue weighted by atomic mass is 32.2. The highest BCUT2D eigenvalue weighted by molar-refractivity contribution is 8.00. The molecule has 0 saturated heterocycles. The number of hydrogen-bond acceptors (Lipinski definition) is 5. The van der Waals surface area contributed by atoms with Gasteiger partial charge in [0.15, 0.2) is 11.5 Å². The zero-order valence-electron chi connectivity index (χ0n) is 19.2. The molecule has 5 rings (SSSR count). The summed E-state index contributed by atoms with van der Waals surface area (Å²) in [4.78, 5) is 31.1. The molecule has 2 amide bonds. The van der Waals surface area contributed by atoms with Gasteiger partial charge in [0, 0.05) is 11.4 Å². The van der Waals surface area contributed by atoms with E-state index in [9.17, 15) is 9.59 Å². The molecule has 174 valence electrons. The number of para-hydroxylation sites is 1. The van der Waals surface area contributed by atoms with Gasteiger partial charge in [-0.25, -0.2) is 0 Å². The molecule has 0 fully saturated rings. The molecule has 3 aromatic rings. The van der Waals surface area contributed by atoms with Gasteiger partial charge in [-0.2, -0.15) is 0 Å². The van der Waals surface area contributed by atoms with Gasteiger partial charge in [0.2, 0.25) is 11.8 Å². The van der Waals surface area contributed by atoms with Gasteiger partial charge >= 0.3 is 0 Å². The summed E-state index contributed by atoms with van der Waals surface area (Å²) in [7, 11) is 3.24. The molecule has 7 heteroatoms. The topological polar surface area (TPSA) is 59.1 Å². The van der Waals surface area contributed by atoms with Gasteiger partial charge in [-0.15, -0.1) is 11.8 Å². The number of benzene rings is 3. The van der Waals surface area contributed by atoms with Crippen molar-refractivity contribution in [2.45, 2.75) is 17.4 Å². The molecule has 6 nitrogen and oxygen atoms in total. The van der Waals surface area contributed by atoms with Crippen molar-refractivity contribution in [2.75, 3.05) is 38.0 Å². The minimum Gasteiger partial charge on any atom is -0.493 e. The Morgan fingerprint density at radius 1 is 1.00 bits per heavy atom. The van der Waals surface area contributed by atoms with E-state index in [0.29, 0.717) is 30.2 Å². The van der Waals surface area contributed by atoms with Crippen LogP contribution in [0.3, 0.4) is 0 Å². The minimum absolute atomic E-state index is 0.0162. The number of thioether (sulfide) groups is 1. The molecule has 2 aliphatic rings. The second-order valence-electron chi connectivity index (χ2n) is 8.29. The molecule has 1 atom stereocenters. The Kier molecular flexibility index (Phi) is 6.20. The second-order valence-corrected chi connectivity index (χ2v) is 9.31. The second kappa shape index (κ2) is 9.43. The zero-order chi connectivity index (χ0) is 23.7. The molecule has 0 bridgehead atoms. The molecule has 2 heterocycles. The number of fused-ring (bicyclic) bond motifs is 2. The Hall–Kier alpha value is -3.45. The fourth-order valence-electron chi connectivity index (χ4n) is 4.76. The lowest BCUT2D eigenvalue weighted by atomic mass is 9.87. The van der Waals surface area contributed by atoms with Crippen LogP contribution in [0.2, 0.25) is 0 Å². The molecule has 0 spiro atoms. The lowest BCUT2D eigenvalue weighted by molar-refractivity contribution is -0.133. The van der Waals surface area contributed by atoms with Crippen LogP contribution in [-0.4, -0.2) is 49.8 Å². The first-order valence-corrected chi connectivity index (χ1v) is 12.2. The smallest absolute Gasteiger partial charge is 0.243 e. The average molecular weight is 475 g/mol. The molecule has 0 aromatic heterocycles. The lowest BCUT2D eigenvalue weighted by Gasteiger charge is -2.39. The Labute approximate surface area is 203 Å². The maximum atomic E-state index is 13.8. The quantitative estimate of drug-likeness (QED) is 0.551. The monoisotopic (exact) mass is 474 g/mol. The molecular weight excluding hydrogens is 448 g/mol. The van der Waals surface area contributed by atoms with E-state index in [1.54, 1.807) is 19.1 Å². The van der Waals surface area contributed by atoms with Gasteiger partial charge < -0.3 is 19.3 Å². The third-order valence-corrected chi connectivity index (χ3v) is 7.46. The first kappa shape index (κ1) is 22.3. The number of carbonyl (C=O) groups is 2. The van der Waals surface area contributed by atoms with E-state index in [1.165, 1.54) is 11.8 Å². The third-order valence-electron chi connectivity index (χ3n) is 6.41. The van der Waals surface area contributed by atoms with E-state index in [4.69, 9.17) is 9.47 Å². The van der Waals surface area contributed by atoms with Crippen molar-refractivity contribution in [1.29, 1.82) is 0 Å². The van der Waals surface area contributed by atoms with Crippen molar-refractivity contribution >= 4 is 29.3 Å². The van der Waals surface area contributed by atoms with Crippen molar-refractivity contribution in [3.8, 4) is 11.5 Å². The minimum atomic E-state index is -0.276. The summed E-state index contributed by atoms with van der Waals surface area (Å²) >= 11 is 1.52. The number of ether oxygens (including phenoxy) is 2. The van der Waals surface area contributed by atoms with Crippen LogP contribution in [0.25, 0.3) is 0 Å². The molecule has 0 saturated carbocycles. The molecule has 3 aromatic carbocycles. The lowest BCUT2D eigenvalue weighted by Crippen LogP contribution is -2.48. The summed E-state index contributed by atoms with van der Waals surface area (Å²) in [5.74, 6) is 1.53. The number of nitrogens with zero attached hydrogens (tertiary/aromatic N) is 2. The van der Waals surface area contributed by atoms with Crippen molar-refractivity contribution in [1.82, 2.24) is 4.90 Å². The molecule has 0 aliphatic carbocycles. The van der Waals surface area contributed by atoms with E-state index < -0.39 is 0 Å². The Balaban J connectivity index is 1.52. The van der Waals surface area contributed by atoms with Crippen LogP contribution in [0.1, 0.15) is 22.7 Å². The van der Waals surface area contributed by atoms with Gasteiger partial charge in [-0.3, -0.25) is 9.59 Å². The normalized spacial score (nSPS) is 17.1. The van der Waals surface area contributed by atoms with Gasteiger partial charge in [0.05, 0.1) is 31.7 Å². The summed E-state index contributed by atoms with van der Waals surface area (Å²) in [5, 5.41) is 0. The van der Waals surface area contributed by atoms with Gasteiger partial charge in [0.25, 0.3) is 0 Å². The summed E-state index contributed by atoms with van der Waals surface area (Å²) in [6, 6.07) is 21.5. The van der Waals surface area contributed by atoms with Crippen molar-refractivity contribution in [3.05, 3.63) is 83.4 Å². The first-order chi connectivity index (χ1) is 16.6. The van der Waals surface area contributed by atoms with Crippen LogP contribution in [0.4, 0.5) is 5.69 Å². The highest BCUT2D eigenvalue weighted by Crippen LogP contribution is 2.41. The Morgan fingerprint density at radius 3 is 2.47 bits per heavy atom. The Bertz CT molecular complexity index is 1230. The van der Waals surface area contributed by atoms with Crippen molar-refractivity contribution in [2.24, 2.45) is 0 Å².